The van der Waals surface area contributed by atoms with E-state index in [1.165, 1.54) is 11.1 Å². The van der Waals surface area contributed by atoms with Gasteiger partial charge in [-0.05, 0) is 37.4 Å². The molecule has 3 heteroatoms. The zero-order valence-corrected chi connectivity index (χ0v) is 12.4. The molecule has 0 aliphatic heterocycles. The number of rotatable bonds is 10. The highest BCUT2D eigenvalue weighted by atomic mass is 16.5. The standard InChI is InChI=1S/C16H27NO2/c1-4-9-17-16(13-19-11-10-18-3)12-15-8-6-5-7-14(15)2/h5-8,16-17H,4,9-13H2,1-3H3. The Morgan fingerprint density at radius 3 is 2.68 bits per heavy atom. The van der Waals surface area contributed by atoms with Gasteiger partial charge in [-0.1, -0.05) is 31.2 Å². The Hall–Kier alpha value is -0.900. The second-order valence-corrected chi connectivity index (χ2v) is 4.85. The smallest absolute Gasteiger partial charge is 0.0701 e. The summed E-state index contributed by atoms with van der Waals surface area (Å²) in [6.45, 7) is 7.43. The molecule has 3 nitrogen and oxygen atoms in total. The van der Waals surface area contributed by atoms with E-state index in [4.69, 9.17) is 9.47 Å². The minimum atomic E-state index is 0.373. The molecule has 0 amide bonds. The van der Waals surface area contributed by atoms with Gasteiger partial charge in [-0.25, -0.2) is 0 Å². The third-order valence-corrected chi connectivity index (χ3v) is 3.16. The lowest BCUT2D eigenvalue weighted by atomic mass is 10.0. The second-order valence-electron chi connectivity index (χ2n) is 4.85. The molecular formula is C16H27NO2. The lowest BCUT2D eigenvalue weighted by Crippen LogP contribution is -2.36. The molecule has 1 aromatic rings. The van der Waals surface area contributed by atoms with E-state index in [2.05, 4.69) is 43.4 Å². The summed E-state index contributed by atoms with van der Waals surface area (Å²) in [7, 11) is 1.70. The molecule has 1 rings (SSSR count). The number of hydrogen-bond acceptors (Lipinski definition) is 3. The molecule has 1 atom stereocenters. The fourth-order valence-electron chi connectivity index (χ4n) is 2.01. The van der Waals surface area contributed by atoms with Gasteiger partial charge in [0.15, 0.2) is 0 Å². The van der Waals surface area contributed by atoms with Gasteiger partial charge in [0.25, 0.3) is 0 Å². The van der Waals surface area contributed by atoms with Gasteiger partial charge in [-0.2, -0.15) is 0 Å². The first-order valence-electron chi connectivity index (χ1n) is 7.12. The molecule has 0 radical (unpaired) electrons. The summed E-state index contributed by atoms with van der Waals surface area (Å²) in [6, 6.07) is 8.93. The zero-order valence-electron chi connectivity index (χ0n) is 12.4. The molecule has 1 unspecified atom stereocenters. The normalized spacial score (nSPS) is 12.6. The van der Waals surface area contributed by atoms with Crippen molar-refractivity contribution in [2.45, 2.75) is 32.7 Å². The molecular weight excluding hydrogens is 238 g/mol. The molecule has 0 aliphatic carbocycles. The molecule has 0 spiro atoms. The SMILES string of the molecule is CCCNC(COCCOC)Cc1ccccc1C. The minimum absolute atomic E-state index is 0.373. The summed E-state index contributed by atoms with van der Waals surface area (Å²) < 4.78 is 10.7. The van der Waals surface area contributed by atoms with Gasteiger partial charge >= 0.3 is 0 Å². The van der Waals surface area contributed by atoms with E-state index in [9.17, 15) is 0 Å². The van der Waals surface area contributed by atoms with E-state index in [1.54, 1.807) is 7.11 Å². The molecule has 1 aromatic carbocycles. The van der Waals surface area contributed by atoms with E-state index in [0.29, 0.717) is 19.3 Å². The van der Waals surface area contributed by atoms with Crippen molar-refractivity contribution in [3.63, 3.8) is 0 Å². The van der Waals surface area contributed by atoms with Crippen molar-refractivity contribution in [3.05, 3.63) is 35.4 Å². The van der Waals surface area contributed by atoms with Gasteiger partial charge in [-0.15, -0.1) is 0 Å². The monoisotopic (exact) mass is 265 g/mol. The average Bonchev–Trinajstić information content (AvgIpc) is 2.43. The number of hydrogen-bond donors (Lipinski definition) is 1. The summed E-state index contributed by atoms with van der Waals surface area (Å²) in [5.41, 5.74) is 2.74. The van der Waals surface area contributed by atoms with Crippen LogP contribution in [0.5, 0.6) is 0 Å². The van der Waals surface area contributed by atoms with Crippen LogP contribution in [0.25, 0.3) is 0 Å². The second kappa shape index (κ2) is 9.96. The van der Waals surface area contributed by atoms with Gasteiger partial charge in [0.2, 0.25) is 0 Å². The highest BCUT2D eigenvalue weighted by molar-refractivity contribution is 5.26. The third kappa shape index (κ3) is 6.71. The Morgan fingerprint density at radius 1 is 1.21 bits per heavy atom. The van der Waals surface area contributed by atoms with Gasteiger partial charge < -0.3 is 14.8 Å². The average molecular weight is 265 g/mol. The maximum absolute atomic E-state index is 5.66. The molecule has 0 bridgehead atoms. The van der Waals surface area contributed by atoms with Crippen LogP contribution in [0.3, 0.4) is 0 Å². The van der Waals surface area contributed by atoms with Crippen LogP contribution < -0.4 is 5.32 Å². The Bertz CT molecular complexity index is 341. The molecule has 19 heavy (non-hydrogen) atoms. The predicted octanol–water partition coefficient (Wildman–Crippen LogP) is 2.57. The number of ether oxygens (including phenoxy) is 2. The number of nitrogens with one attached hydrogen (secondary N) is 1. The Balaban J connectivity index is 2.46. The van der Waals surface area contributed by atoms with Crippen LogP contribution in [0.4, 0.5) is 0 Å². The Morgan fingerprint density at radius 2 is 2.00 bits per heavy atom. The van der Waals surface area contributed by atoms with Crippen molar-refractivity contribution in [1.29, 1.82) is 0 Å². The zero-order chi connectivity index (χ0) is 13.9. The van der Waals surface area contributed by atoms with Crippen LogP contribution in [0.1, 0.15) is 24.5 Å². The summed E-state index contributed by atoms with van der Waals surface area (Å²) in [5.74, 6) is 0. The van der Waals surface area contributed by atoms with Crippen molar-refractivity contribution < 1.29 is 9.47 Å². The summed E-state index contributed by atoms with van der Waals surface area (Å²) in [5, 5.41) is 3.56. The van der Waals surface area contributed by atoms with E-state index in [0.717, 1.165) is 26.0 Å². The van der Waals surface area contributed by atoms with Crippen molar-refractivity contribution in [2.24, 2.45) is 0 Å². The van der Waals surface area contributed by atoms with Crippen LogP contribution >= 0.6 is 0 Å². The quantitative estimate of drug-likeness (QED) is 0.660. The largest absolute Gasteiger partial charge is 0.382 e. The highest BCUT2D eigenvalue weighted by Gasteiger charge is 2.10. The van der Waals surface area contributed by atoms with E-state index in [1.807, 2.05) is 0 Å². The molecule has 0 fully saturated rings. The fraction of sp³-hybridized carbons (Fsp3) is 0.625. The molecule has 108 valence electrons. The van der Waals surface area contributed by atoms with Crippen LogP contribution in [0.15, 0.2) is 24.3 Å². The third-order valence-electron chi connectivity index (χ3n) is 3.16. The maximum atomic E-state index is 5.66. The van der Waals surface area contributed by atoms with E-state index in [-0.39, 0.29) is 0 Å². The van der Waals surface area contributed by atoms with Crippen molar-refractivity contribution in [2.75, 3.05) is 33.5 Å². The summed E-state index contributed by atoms with van der Waals surface area (Å²) in [6.07, 6.45) is 2.15. The molecule has 0 saturated carbocycles. The van der Waals surface area contributed by atoms with E-state index < -0.39 is 0 Å². The molecule has 0 heterocycles. The Labute approximate surface area is 117 Å². The lowest BCUT2D eigenvalue weighted by molar-refractivity contribution is 0.0587. The topological polar surface area (TPSA) is 30.5 Å². The molecule has 0 saturated heterocycles. The predicted molar refractivity (Wildman–Crippen MR) is 79.7 cm³/mol. The first-order chi connectivity index (χ1) is 9.27. The van der Waals surface area contributed by atoms with Crippen LogP contribution in [-0.2, 0) is 15.9 Å². The van der Waals surface area contributed by atoms with E-state index >= 15 is 0 Å². The van der Waals surface area contributed by atoms with Crippen LogP contribution in [0.2, 0.25) is 0 Å². The van der Waals surface area contributed by atoms with Crippen LogP contribution in [0, 0.1) is 6.92 Å². The number of aryl methyl sites for hydroxylation is 1. The molecule has 1 N–H and O–H groups in total. The van der Waals surface area contributed by atoms with Gasteiger partial charge in [0.1, 0.15) is 0 Å². The first-order valence-corrected chi connectivity index (χ1v) is 7.12. The van der Waals surface area contributed by atoms with Crippen LogP contribution in [-0.4, -0.2) is 39.5 Å². The first kappa shape index (κ1) is 16.2. The lowest BCUT2D eigenvalue weighted by Gasteiger charge is -2.19. The summed E-state index contributed by atoms with van der Waals surface area (Å²) >= 11 is 0. The van der Waals surface area contributed by atoms with Gasteiger partial charge in [0, 0.05) is 13.2 Å². The fourth-order valence-corrected chi connectivity index (χ4v) is 2.01. The van der Waals surface area contributed by atoms with Gasteiger partial charge in [0.05, 0.1) is 19.8 Å². The number of methoxy groups -OCH3 is 1. The van der Waals surface area contributed by atoms with Gasteiger partial charge in [-0.3, -0.25) is 0 Å². The Kier molecular flexibility index (Phi) is 8.47. The molecule has 0 aliphatic rings. The van der Waals surface area contributed by atoms with Crippen molar-refractivity contribution in [3.8, 4) is 0 Å². The maximum Gasteiger partial charge on any atom is 0.0701 e. The molecule has 0 aromatic heterocycles. The minimum Gasteiger partial charge on any atom is -0.382 e. The van der Waals surface area contributed by atoms with Crippen molar-refractivity contribution in [1.82, 2.24) is 5.32 Å². The highest BCUT2D eigenvalue weighted by Crippen LogP contribution is 2.10. The van der Waals surface area contributed by atoms with Crippen molar-refractivity contribution >= 4 is 0 Å². The number of benzene rings is 1. The summed E-state index contributed by atoms with van der Waals surface area (Å²) in [4.78, 5) is 0.